The summed E-state index contributed by atoms with van der Waals surface area (Å²) in [7, 11) is 0. The number of nitrogens with zero attached hydrogens (tertiary/aromatic N) is 1. The van der Waals surface area contributed by atoms with Crippen LogP contribution in [0.4, 0.5) is 10.5 Å². The smallest absolute Gasteiger partial charge is 0.294 e. The second kappa shape index (κ2) is 10.5. The van der Waals surface area contributed by atoms with Gasteiger partial charge in [0.2, 0.25) is 5.91 Å². The first kappa shape index (κ1) is 22.9. The van der Waals surface area contributed by atoms with E-state index in [1.807, 2.05) is 31.2 Å². The maximum Gasteiger partial charge on any atom is 0.294 e. The van der Waals surface area contributed by atoms with E-state index >= 15 is 0 Å². The highest BCUT2D eigenvalue weighted by Crippen LogP contribution is 2.32. The number of imide groups is 1. The molecule has 1 aliphatic heterocycles. The Kier molecular flexibility index (Phi) is 7.76. The van der Waals surface area contributed by atoms with Crippen molar-refractivity contribution in [2.75, 3.05) is 18.5 Å². The lowest BCUT2D eigenvalue weighted by Crippen LogP contribution is -2.36. The number of hydrogen-bond acceptors (Lipinski definition) is 5. The number of carbonyl (C=O) groups excluding carboxylic acids is 3. The molecule has 0 atom stereocenters. The number of rotatable bonds is 8. The lowest BCUT2D eigenvalue weighted by atomic mass is 10.2. The topological polar surface area (TPSA) is 75.7 Å². The number of amides is 3. The van der Waals surface area contributed by atoms with Crippen LogP contribution in [0.5, 0.6) is 5.75 Å². The maximum absolute atomic E-state index is 12.6. The quantitative estimate of drug-likeness (QED) is 0.417. The molecule has 31 heavy (non-hydrogen) atoms. The lowest BCUT2D eigenvalue weighted by Gasteiger charge is -2.13. The normalized spacial score (nSPS) is 14.9. The van der Waals surface area contributed by atoms with Gasteiger partial charge in [0.1, 0.15) is 12.3 Å². The minimum Gasteiger partial charge on any atom is -0.494 e. The van der Waals surface area contributed by atoms with Gasteiger partial charge in [-0.25, -0.2) is 0 Å². The standard InChI is InChI=1S/C23H23ClN2O4S/c1-3-4-11-30-18-9-6-16(7-10-18)12-20-22(28)26(23(29)31-20)14-21(27)25-17-8-5-15(2)19(24)13-17/h5-10,12-13H,3-4,11,14H2,1-2H3,(H,25,27)/b20-12-. The predicted octanol–water partition coefficient (Wildman–Crippen LogP) is 5.50. The van der Waals surface area contributed by atoms with Crippen LogP contribution in [0.2, 0.25) is 5.02 Å². The van der Waals surface area contributed by atoms with Crippen LogP contribution in [0.1, 0.15) is 30.9 Å². The summed E-state index contributed by atoms with van der Waals surface area (Å²) in [5.41, 5.74) is 2.16. The molecule has 6 nitrogen and oxygen atoms in total. The largest absolute Gasteiger partial charge is 0.494 e. The summed E-state index contributed by atoms with van der Waals surface area (Å²) in [5, 5.41) is 2.70. The van der Waals surface area contributed by atoms with Gasteiger partial charge in [-0.15, -0.1) is 0 Å². The molecule has 0 unspecified atom stereocenters. The van der Waals surface area contributed by atoms with Crippen molar-refractivity contribution in [1.29, 1.82) is 0 Å². The number of carbonyl (C=O) groups is 3. The SMILES string of the molecule is CCCCOc1ccc(/C=C2\SC(=O)N(CC(=O)Nc3ccc(C)c(Cl)c3)C2=O)cc1. The fourth-order valence-electron chi connectivity index (χ4n) is 2.80. The van der Waals surface area contributed by atoms with Crippen molar-refractivity contribution in [2.45, 2.75) is 26.7 Å². The van der Waals surface area contributed by atoms with Crippen LogP contribution >= 0.6 is 23.4 Å². The fourth-order valence-corrected chi connectivity index (χ4v) is 3.82. The molecular weight excluding hydrogens is 436 g/mol. The summed E-state index contributed by atoms with van der Waals surface area (Å²) in [4.78, 5) is 38.4. The maximum atomic E-state index is 12.6. The highest BCUT2D eigenvalue weighted by molar-refractivity contribution is 8.18. The average Bonchev–Trinajstić information content (AvgIpc) is 2.99. The number of benzene rings is 2. The number of halogens is 1. The molecule has 2 aromatic carbocycles. The molecule has 3 amide bonds. The van der Waals surface area contributed by atoms with Gasteiger partial charge < -0.3 is 10.1 Å². The van der Waals surface area contributed by atoms with Crippen LogP contribution in [-0.4, -0.2) is 35.1 Å². The molecule has 1 N–H and O–H groups in total. The molecule has 162 valence electrons. The first-order chi connectivity index (χ1) is 14.9. The molecule has 8 heteroatoms. The second-order valence-corrected chi connectivity index (χ2v) is 8.45. The molecule has 1 heterocycles. The summed E-state index contributed by atoms with van der Waals surface area (Å²) >= 11 is 6.88. The zero-order chi connectivity index (χ0) is 22.4. The van der Waals surface area contributed by atoms with Gasteiger partial charge in [-0.1, -0.05) is 43.1 Å². The van der Waals surface area contributed by atoms with Crippen molar-refractivity contribution in [3.05, 3.63) is 63.5 Å². The molecule has 1 aliphatic rings. The van der Waals surface area contributed by atoms with Crippen LogP contribution in [0.15, 0.2) is 47.4 Å². The minimum atomic E-state index is -0.490. The van der Waals surface area contributed by atoms with Crippen molar-refractivity contribution in [3.8, 4) is 5.75 Å². The molecule has 0 radical (unpaired) electrons. The summed E-state index contributed by atoms with van der Waals surface area (Å²) in [6.07, 6.45) is 3.68. The number of nitrogens with one attached hydrogen (secondary N) is 1. The average molecular weight is 459 g/mol. The van der Waals surface area contributed by atoms with E-state index in [-0.39, 0.29) is 11.4 Å². The van der Waals surface area contributed by atoms with Gasteiger partial charge in [0.25, 0.3) is 11.1 Å². The molecular formula is C23H23ClN2O4S. The summed E-state index contributed by atoms with van der Waals surface area (Å²) in [6.45, 7) is 4.25. The van der Waals surface area contributed by atoms with E-state index in [1.54, 1.807) is 24.3 Å². The monoisotopic (exact) mass is 458 g/mol. The van der Waals surface area contributed by atoms with Gasteiger partial charge in [0.05, 0.1) is 11.5 Å². The molecule has 3 rings (SSSR count). The molecule has 2 aromatic rings. The number of hydrogen-bond donors (Lipinski definition) is 1. The summed E-state index contributed by atoms with van der Waals surface area (Å²) in [5.74, 6) is -0.209. The van der Waals surface area contributed by atoms with Gasteiger partial charge in [-0.2, -0.15) is 0 Å². The van der Waals surface area contributed by atoms with E-state index in [1.165, 1.54) is 0 Å². The molecule has 1 fully saturated rings. The molecule has 0 aromatic heterocycles. The fraction of sp³-hybridized carbons (Fsp3) is 0.261. The number of ether oxygens (including phenoxy) is 1. The lowest BCUT2D eigenvalue weighted by molar-refractivity contribution is -0.127. The first-order valence-electron chi connectivity index (χ1n) is 9.91. The third-order valence-corrected chi connectivity index (χ3v) is 5.89. The van der Waals surface area contributed by atoms with Crippen LogP contribution in [0, 0.1) is 6.92 Å². The Morgan fingerprint density at radius 2 is 1.94 bits per heavy atom. The van der Waals surface area contributed by atoms with E-state index in [2.05, 4.69) is 12.2 Å². The Bertz CT molecular complexity index is 1020. The van der Waals surface area contributed by atoms with Crippen LogP contribution < -0.4 is 10.1 Å². The van der Waals surface area contributed by atoms with E-state index < -0.39 is 17.1 Å². The Morgan fingerprint density at radius 3 is 2.61 bits per heavy atom. The Balaban J connectivity index is 1.62. The van der Waals surface area contributed by atoms with Crippen molar-refractivity contribution in [2.24, 2.45) is 0 Å². The van der Waals surface area contributed by atoms with Crippen molar-refractivity contribution in [3.63, 3.8) is 0 Å². The first-order valence-corrected chi connectivity index (χ1v) is 11.1. The number of unbranched alkanes of at least 4 members (excludes halogenated alkanes) is 1. The highest BCUT2D eigenvalue weighted by atomic mass is 35.5. The second-order valence-electron chi connectivity index (χ2n) is 7.05. The van der Waals surface area contributed by atoms with Gasteiger partial charge in [-0.3, -0.25) is 19.3 Å². The minimum absolute atomic E-state index is 0.274. The van der Waals surface area contributed by atoms with Crippen molar-refractivity contribution in [1.82, 2.24) is 4.90 Å². The van der Waals surface area contributed by atoms with E-state index in [4.69, 9.17) is 16.3 Å². The van der Waals surface area contributed by atoms with Crippen molar-refractivity contribution >= 4 is 52.2 Å². The van der Waals surface area contributed by atoms with E-state index in [0.29, 0.717) is 17.3 Å². The van der Waals surface area contributed by atoms with Gasteiger partial charge >= 0.3 is 0 Å². The molecule has 0 bridgehead atoms. The molecule has 0 spiro atoms. The molecule has 0 aliphatic carbocycles. The Hall–Kier alpha value is -2.77. The van der Waals surface area contributed by atoms with Crippen LogP contribution in [0.3, 0.4) is 0 Å². The van der Waals surface area contributed by atoms with Gasteiger partial charge in [0, 0.05) is 10.7 Å². The summed E-state index contributed by atoms with van der Waals surface area (Å²) in [6, 6.07) is 12.4. The molecule has 0 saturated carbocycles. The third-order valence-electron chi connectivity index (χ3n) is 4.58. The van der Waals surface area contributed by atoms with Crippen molar-refractivity contribution < 1.29 is 19.1 Å². The third kappa shape index (κ3) is 6.12. The highest BCUT2D eigenvalue weighted by Gasteiger charge is 2.36. The molecule has 1 saturated heterocycles. The van der Waals surface area contributed by atoms with E-state index in [9.17, 15) is 14.4 Å². The predicted molar refractivity (Wildman–Crippen MR) is 124 cm³/mol. The Morgan fingerprint density at radius 1 is 1.19 bits per heavy atom. The van der Waals surface area contributed by atoms with E-state index in [0.717, 1.165) is 46.4 Å². The number of thioether (sulfide) groups is 1. The number of aryl methyl sites for hydroxylation is 1. The zero-order valence-electron chi connectivity index (χ0n) is 17.3. The van der Waals surface area contributed by atoms with Crippen LogP contribution in [0.25, 0.3) is 6.08 Å². The number of anilines is 1. The Labute approximate surface area is 190 Å². The van der Waals surface area contributed by atoms with Crippen LogP contribution in [-0.2, 0) is 9.59 Å². The van der Waals surface area contributed by atoms with Gasteiger partial charge in [-0.05, 0) is 66.6 Å². The zero-order valence-corrected chi connectivity index (χ0v) is 18.9. The summed E-state index contributed by atoms with van der Waals surface area (Å²) < 4.78 is 5.63. The van der Waals surface area contributed by atoms with Gasteiger partial charge in [0.15, 0.2) is 0 Å².